The predicted molar refractivity (Wildman–Crippen MR) is 124 cm³/mol. The van der Waals surface area contributed by atoms with Crippen molar-refractivity contribution in [2.24, 2.45) is 11.5 Å². The molecule has 1 aromatic carbocycles. The van der Waals surface area contributed by atoms with Crippen molar-refractivity contribution in [2.45, 2.75) is 13.3 Å². The summed E-state index contributed by atoms with van der Waals surface area (Å²) in [6.45, 7) is 2.24. The molecule has 0 amide bonds. The first-order valence-electron chi connectivity index (χ1n) is 9.77. The van der Waals surface area contributed by atoms with Gasteiger partial charge in [0, 0.05) is 18.5 Å². The molecule has 0 fully saturated rings. The van der Waals surface area contributed by atoms with Crippen molar-refractivity contribution in [1.82, 2.24) is 15.0 Å². The van der Waals surface area contributed by atoms with Gasteiger partial charge in [0.05, 0.1) is 22.2 Å². The van der Waals surface area contributed by atoms with E-state index in [1.807, 2.05) is 6.92 Å². The minimum atomic E-state index is -0.958. The van der Waals surface area contributed by atoms with Crippen LogP contribution in [-0.2, 0) is 0 Å². The van der Waals surface area contributed by atoms with Crippen LogP contribution in [0.2, 0.25) is 0 Å². The Balaban J connectivity index is 2.00. The summed E-state index contributed by atoms with van der Waals surface area (Å²) in [5, 5.41) is 3.36. The second-order valence-electron chi connectivity index (χ2n) is 6.67. The first-order valence-corrected chi connectivity index (χ1v) is 10.8. The molecule has 7 N–H and O–H groups in total. The molecule has 0 spiro atoms. The molecule has 0 radical (unpaired) electrons. The van der Waals surface area contributed by atoms with Crippen LogP contribution in [0.4, 0.5) is 20.3 Å². The second kappa shape index (κ2) is 10.6. The van der Waals surface area contributed by atoms with Crippen molar-refractivity contribution in [2.75, 3.05) is 22.3 Å². The third-order valence-electron chi connectivity index (χ3n) is 4.51. The molecule has 8 nitrogen and oxygen atoms in total. The summed E-state index contributed by atoms with van der Waals surface area (Å²) in [4.78, 5) is 24.3. The molecular formula is C21H23F2N7OS. The molecule has 0 atom stereocenters. The zero-order chi connectivity index (χ0) is 23.1. The summed E-state index contributed by atoms with van der Waals surface area (Å²) in [5.74, 6) is -1.71. The van der Waals surface area contributed by atoms with E-state index >= 15 is 4.39 Å². The Kier molecular flexibility index (Phi) is 7.66. The van der Waals surface area contributed by atoms with Crippen LogP contribution in [0, 0.1) is 11.6 Å². The van der Waals surface area contributed by atoms with E-state index in [0.29, 0.717) is 22.4 Å². The Bertz CT molecular complexity index is 1180. The quantitative estimate of drug-likeness (QED) is 0.134. The number of H-pyrrole nitrogens is 1. The SMILES string of the molecule is CCCSNc1ccc(F)c(C(=O)c2c[nH]c3ncnc(NCC(/C=C\N)=C/N)c23)c1F. The zero-order valence-corrected chi connectivity index (χ0v) is 18.1. The fraction of sp³-hybridized carbons (Fsp3) is 0.190. The maximum Gasteiger partial charge on any atom is 0.201 e. The number of carbonyl (C=O) groups excluding carboxylic acids is 1. The van der Waals surface area contributed by atoms with Gasteiger partial charge in [0.15, 0.2) is 5.82 Å². The van der Waals surface area contributed by atoms with Gasteiger partial charge in [-0.1, -0.05) is 18.9 Å². The van der Waals surface area contributed by atoms with Crippen molar-refractivity contribution >= 4 is 40.3 Å². The Hall–Kier alpha value is -3.60. The van der Waals surface area contributed by atoms with E-state index in [0.717, 1.165) is 18.2 Å². The van der Waals surface area contributed by atoms with Gasteiger partial charge in [0.1, 0.15) is 23.6 Å². The van der Waals surface area contributed by atoms with Gasteiger partial charge < -0.3 is 26.5 Å². The Labute approximate surface area is 187 Å². The van der Waals surface area contributed by atoms with Gasteiger partial charge in [-0.15, -0.1) is 0 Å². The Morgan fingerprint density at radius 3 is 2.81 bits per heavy atom. The van der Waals surface area contributed by atoms with E-state index in [-0.39, 0.29) is 17.8 Å². The van der Waals surface area contributed by atoms with Crippen LogP contribution >= 0.6 is 11.9 Å². The molecule has 0 aliphatic rings. The monoisotopic (exact) mass is 459 g/mol. The average molecular weight is 460 g/mol. The van der Waals surface area contributed by atoms with E-state index in [1.165, 1.54) is 42.9 Å². The van der Waals surface area contributed by atoms with Crippen LogP contribution in [0.15, 0.2) is 48.7 Å². The zero-order valence-electron chi connectivity index (χ0n) is 17.3. The third kappa shape index (κ3) is 4.83. The molecule has 0 unspecified atom stereocenters. The van der Waals surface area contributed by atoms with Crippen LogP contribution in [0.3, 0.4) is 0 Å². The number of anilines is 2. The minimum Gasteiger partial charge on any atom is -0.405 e. The molecule has 0 aliphatic heterocycles. The number of fused-ring (bicyclic) bond motifs is 1. The topological polar surface area (TPSA) is 135 Å². The fourth-order valence-corrected chi connectivity index (χ4v) is 3.58. The molecule has 168 valence electrons. The molecule has 2 heterocycles. The Morgan fingerprint density at radius 2 is 2.09 bits per heavy atom. The summed E-state index contributed by atoms with van der Waals surface area (Å²) in [5.41, 5.74) is 11.4. The number of hydrogen-bond acceptors (Lipinski definition) is 8. The largest absolute Gasteiger partial charge is 0.405 e. The van der Waals surface area contributed by atoms with Gasteiger partial charge in [-0.25, -0.2) is 18.7 Å². The minimum absolute atomic E-state index is 0.0342. The van der Waals surface area contributed by atoms with Crippen molar-refractivity contribution < 1.29 is 13.6 Å². The number of nitrogens with zero attached hydrogens (tertiary/aromatic N) is 2. The van der Waals surface area contributed by atoms with Gasteiger partial charge in [-0.3, -0.25) is 4.79 Å². The highest BCUT2D eigenvalue weighted by molar-refractivity contribution is 8.00. The normalized spacial score (nSPS) is 11.9. The van der Waals surface area contributed by atoms with E-state index < -0.39 is 23.0 Å². The lowest BCUT2D eigenvalue weighted by Gasteiger charge is -2.11. The first kappa shape index (κ1) is 23.1. The lowest BCUT2D eigenvalue weighted by molar-refractivity contribution is 0.103. The number of aromatic nitrogens is 3. The molecule has 0 bridgehead atoms. The van der Waals surface area contributed by atoms with Gasteiger partial charge in [0.25, 0.3) is 0 Å². The summed E-state index contributed by atoms with van der Waals surface area (Å²) in [6.07, 6.45) is 7.85. The summed E-state index contributed by atoms with van der Waals surface area (Å²) in [6, 6.07) is 2.33. The number of halogens is 2. The van der Waals surface area contributed by atoms with Gasteiger partial charge in [-0.05, 0) is 42.6 Å². The van der Waals surface area contributed by atoms with Crippen LogP contribution in [0.1, 0.15) is 29.3 Å². The summed E-state index contributed by atoms with van der Waals surface area (Å²) < 4.78 is 32.4. The predicted octanol–water partition coefficient (Wildman–Crippen LogP) is 3.66. The van der Waals surface area contributed by atoms with Crippen LogP contribution < -0.4 is 21.5 Å². The van der Waals surface area contributed by atoms with Crippen molar-refractivity contribution in [1.29, 1.82) is 0 Å². The molecule has 3 rings (SSSR count). The van der Waals surface area contributed by atoms with Crippen molar-refractivity contribution in [3.63, 3.8) is 0 Å². The number of aromatic amines is 1. The fourth-order valence-electron chi connectivity index (χ4n) is 2.96. The number of ketones is 1. The summed E-state index contributed by atoms with van der Waals surface area (Å²) >= 11 is 1.27. The lowest BCUT2D eigenvalue weighted by atomic mass is 10.0. The van der Waals surface area contributed by atoms with Crippen LogP contribution in [-0.4, -0.2) is 33.0 Å². The molecule has 0 aliphatic carbocycles. The number of carbonyl (C=O) groups is 1. The maximum absolute atomic E-state index is 15.1. The molecule has 0 saturated carbocycles. The lowest BCUT2D eigenvalue weighted by Crippen LogP contribution is -2.11. The number of rotatable bonds is 10. The standard InChI is InChI=1S/C21H23F2N7OS/c1-2-7-32-30-15-4-3-14(22)17(18(15)23)19(31)13-10-27-21-16(13)20(28-11-29-21)26-9-12(8-25)5-6-24/h3-6,8,10-11,30H,2,7,9,24-25H2,1H3,(H2,26,27,28,29)/b6-5-,12-8+. The van der Waals surface area contributed by atoms with Gasteiger partial charge >= 0.3 is 0 Å². The molecule has 0 saturated heterocycles. The molecule has 2 aromatic heterocycles. The number of hydrogen-bond donors (Lipinski definition) is 5. The highest BCUT2D eigenvalue weighted by atomic mass is 32.2. The number of nitrogens with two attached hydrogens (primary N) is 2. The van der Waals surface area contributed by atoms with Crippen molar-refractivity contribution in [3.05, 3.63) is 71.5 Å². The number of nitrogens with one attached hydrogen (secondary N) is 3. The van der Waals surface area contributed by atoms with Crippen LogP contribution in [0.5, 0.6) is 0 Å². The second-order valence-corrected chi connectivity index (χ2v) is 7.57. The van der Waals surface area contributed by atoms with E-state index in [1.54, 1.807) is 6.08 Å². The average Bonchev–Trinajstić information content (AvgIpc) is 3.23. The molecular weight excluding hydrogens is 436 g/mol. The maximum atomic E-state index is 15.1. The Morgan fingerprint density at radius 1 is 1.28 bits per heavy atom. The summed E-state index contributed by atoms with van der Waals surface area (Å²) in [7, 11) is 0. The van der Waals surface area contributed by atoms with Gasteiger partial charge in [0.2, 0.25) is 5.78 Å². The van der Waals surface area contributed by atoms with Gasteiger partial charge in [-0.2, -0.15) is 0 Å². The molecule has 3 aromatic rings. The molecule has 11 heteroatoms. The molecule has 32 heavy (non-hydrogen) atoms. The highest BCUT2D eigenvalue weighted by Gasteiger charge is 2.26. The smallest absolute Gasteiger partial charge is 0.201 e. The third-order valence-corrected chi connectivity index (χ3v) is 5.48. The number of benzene rings is 1. The first-order chi connectivity index (χ1) is 15.5. The van der Waals surface area contributed by atoms with E-state index in [9.17, 15) is 9.18 Å². The van der Waals surface area contributed by atoms with E-state index in [4.69, 9.17) is 11.5 Å². The highest BCUT2D eigenvalue weighted by Crippen LogP contribution is 2.30. The van der Waals surface area contributed by atoms with Crippen molar-refractivity contribution in [3.8, 4) is 0 Å². The van der Waals surface area contributed by atoms with Crippen LogP contribution in [0.25, 0.3) is 11.0 Å². The van der Waals surface area contributed by atoms with E-state index in [2.05, 4.69) is 25.0 Å².